The molecule has 2 nitrogen and oxygen atoms in total. The molecule has 2 heteroatoms. The lowest BCUT2D eigenvalue weighted by Crippen LogP contribution is -2.18. The number of anilines is 1. The van der Waals surface area contributed by atoms with Crippen LogP contribution in [-0.2, 0) is 4.79 Å². The molecule has 0 aliphatic rings. The molecule has 2 rings (SSSR count). The monoisotopic (exact) mass is 255 g/mol. The van der Waals surface area contributed by atoms with Gasteiger partial charge in [-0.1, -0.05) is 29.8 Å². The van der Waals surface area contributed by atoms with Crippen LogP contribution in [0.15, 0.2) is 36.4 Å². The van der Waals surface area contributed by atoms with Crippen LogP contribution in [0.3, 0.4) is 0 Å². The van der Waals surface area contributed by atoms with Crippen LogP contribution >= 0.6 is 0 Å². The minimum Gasteiger partial charge on any atom is -0.375 e. The molecule has 0 aliphatic heterocycles. The highest BCUT2D eigenvalue weighted by molar-refractivity contribution is 5.86. The van der Waals surface area contributed by atoms with Crippen molar-refractivity contribution in [1.29, 1.82) is 0 Å². The fourth-order valence-electron chi connectivity index (χ4n) is 2.28. The average Bonchev–Trinajstić information content (AvgIpc) is 2.37. The highest BCUT2D eigenvalue weighted by atomic mass is 16.1. The number of hydrogen-bond acceptors (Lipinski definition) is 2. The maximum Gasteiger partial charge on any atom is 0.129 e. The molecule has 0 bridgehead atoms. The first-order chi connectivity index (χ1) is 9.06. The molecule has 0 fully saturated rings. The summed E-state index contributed by atoms with van der Waals surface area (Å²) < 4.78 is 0. The van der Waals surface area contributed by atoms with E-state index in [1.54, 1.807) is 6.92 Å². The van der Waals surface area contributed by atoms with Gasteiger partial charge in [-0.15, -0.1) is 0 Å². The Hall–Kier alpha value is -1.83. The molecule has 0 spiro atoms. The van der Waals surface area contributed by atoms with Crippen molar-refractivity contribution < 1.29 is 4.79 Å². The molecule has 0 radical (unpaired) electrons. The van der Waals surface area contributed by atoms with E-state index >= 15 is 0 Å². The summed E-state index contributed by atoms with van der Waals surface area (Å²) in [6.45, 7) is 4.68. The van der Waals surface area contributed by atoms with Crippen molar-refractivity contribution in [3.8, 4) is 0 Å². The summed E-state index contributed by atoms with van der Waals surface area (Å²) in [7, 11) is 2.08. The number of carbonyl (C=O) groups is 1. The smallest absolute Gasteiger partial charge is 0.129 e. The maximum absolute atomic E-state index is 10.9. The number of aryl methyl sites for hydroxylation is 1. The largest absolute Gasteiger partial charge is 0.375 e. The van der Waals surface area contributed by atoms with Crippen LogP contribution in [0.4, 0.5) is 5.69 Å². The van der Waals surface area contributed by atoms with Crippen molar-refractivity contribution in [2.75, 3.05) is 18.5 Å². The molecule has 0 aromatic heterocycles. The normalized spacial score (nSPS) is 10.7. The topological polar surface area (TPSA) is 20.3 Å². The molecule has 0 amide bonds. The first kappa shape index (κ1) is 13.6. The molecule has 0 N–H and O–H groups in total. The van der Waals surface area contributed by atoms with Crippen LogP contribution in [0.25, 0.3) is 10.8 Å². The zero-order chi connectivity index (χ0) is 13.8. The summed E-state index contributed by atoms with van der Waals surface area (Å²) in [4.78, 5) is 13.2. The predicted molar refractivity (Wildman–Crippen MR) is 81.9 cm³/mol. The van der Waals surface area contributed by atoms with E-state index < -0.39 is 0 Å². The number of hydrogen-bond donors (Lipinski definition) is 0. The fraction of sp³-hybridized carbons (Fsp3) is 0.353. The molecule has 100 valence electrons. The summed E-state index contributed by atoms with van der Waals surface area (Å²) >= 11 is 0. The summed E-state index contributed by atoms with van der Waals surface area (Å²) in [5, 5.41) is 2.54. The molecular weight excluding hydrogens is 234 g/mol. The SMILES string of the molecule is CC(=O)CCCN(C)c1ccc2cc(C)ccc2c1. The Balaban J connectivity index is 2.11. The standard InChI is InChI=1S/C17H21NO/c1-13-6-7-16-12-17(9-8-15(16)11-13)18(3)10-4-5-14(2)19/h6-9,11-12H,4-5,10H2,1-3H3. The average molecular weight is 255 g/mol. The molecule has 2 aromatic carbocycles. The van der Waals surface area contributed by atoms with Gasteiger partial charge in [0.2, 0.25) is 0 Å². The highest BCUT2D eigenvalue weighted by Gasteiger charge is 2.03. The summed E-state index contributed by atoms with van der Waals surface area (Å²) in [5.74, 6) is 0.266. The molecule has 0 aliphatic carbocycles. The molecule has 0 saturated carbocycles. The van der Waals surface area contributed by atoms with Crippen LogP contribution in [0.5, 0.6) is 0 Å². The molecular formula is C17H21NO. The van der Waals surface area contributed by atoms with Crippen molar-refractivity contribution in [3.05, 3.63) is 42.0 Å². The zero-order valence-electron chi connectivity index (χ0n) is 11.9. The minimum atomic E-state index is 0.266. The molecule has 0 saturated heterocycles. The maximum atomic E-state index is 10.9. The first-order valence-electron chi connectivity index (χ1n) is 6.77. The minimum absolute atomic E-state index is 0.266. The Kier molecular flexibility index (Phi) is 4.20. The Morgan fingerprint density at radius 2 is 1.79 bits per heavy atom. The van der Waals surface area contributed by atoms with Crippen molar-refractivity contribution >= 4 is 22.2 Å². The highest BCUT2D eigenvalue weighted by Crippen LogP contribution is 2.22. The molecule has 0 atom stereocenters. The quantitative estimate of drug-likeness (QED) is 0.806. The van der Waals surface area contributed by atoms with Gasteiger partial charge in [0.15, 0.2) is 0 Å². The van der Waals surface area contributed by atoms with Crippen LogP contribution in [0, 0.1) is 6.92 Å². The first-order valence-corrected chi connectivity index (χ1v) is 6.77. The molecule has 0 heterocycles. The van der Waals surface area contributed by atoms with Gasteiger partial charge >= 0.3 is 0 Å². The lowest BCUT2D eigenvalue weighted by molar-refractivity contribution is -0.117. The van der Waals surface area contributed by atoms with Gasteiger partial charge in [0.05, 0.1) is 0 Å². The molecule has 2 aromatic rings. The van der Waals surface area contributed by atoms with Gasteiger partial charge in [-0.2, -0.15) is 0 Å². The van der Waals surface area contributed by atoms with E-state index in [0.717, 1.165) is 13.0 Å². The van der Waals surface area contributed by atoms with E-state index in [4.69, 9.17) is 0 Å². The number of fused-ring (bicyclic) bond motifs is 1. The summed E-state index contributed by atoms with van der Waals surface area (Å²) in [5.41, 5.74) is 2.50. The van der Waals surface area contributed by atoms with Crippen molar-refractivity contribution in [2.24, 2.45) is 0 Å². The van der Waals surface area contributed by atoms with Gasteiger partial charge in [-0.25, -0.2) is 0 Å². The number of benzene rings is 2. The third-order valence-corrected chi connectivity index (χ3v) is 3.44. The van der Waals surface area contributed by atoms with E-state index in [0.29, 0.717) is 6.42 Å². The predicted octanol–water partition coefficient (Wildman–Crippen LogP) is 3.95. The lowest BCUT2D eigenvalue weighted by Gasteiger charge is -2.19. The van der Waals surface area contributed by atoms with E-state index in [-0.39, 0.29) is 5.78 Å². The lowest BCUT2D eigenvalue weighted by atomic mass is 10.1. The number of carbonyl (C=O) groups excluding carboxylic acids is 1. The van der Waals surface area contributed by atoms with Gasteiger partial charge in [0.1, 0.15) is 5.78 Å². The number of nitrogens with zero attached hydrogens (tertiary/aromatic N) is 1. The second kappa shape index (κ2) is 5.87. The second-order valence-corrected chi connectivity index (χ2v) is 5.26. The van der Waals surface area contributed by atoms with Crippen LogP contribution in [-0.4, -0.2) is 19.4 Å². The Labute approximate surface area is 115 Å². The van der Waals surface area contributed by atoms with Gasteiger partial charge in [-0.3, -0.25) is 0 Å². The third kappa shape index (κ3) is 3.57. The number of Topliss-reactive ketones (excluding diaryl/α,β-unsaturated/α-hetero) is 1. The van der Waals surface area contributed by atoms with Crippen molar-refractivity contribution in [1.82, 2.24) is 0 Å². The van der Waals surface area contributed by atoms with Crippen LogP contribution in [0.1, 0.15) is 25.3 Å². The molecule has 19 heavy (non-hydrogen) atoms. The van der Waals surface area contributed by atoms with Crippen LogP contribution in [0.2, 0.25) is 0 Å². The third-order valence-electron chi connectivity index (χ3n) is 3.44. The van der Waals surface area contributed by atoms with Crippen molar-refractivity contribution in [3.63, 3.8) is 0 Å². The zero-order valence-corrected chi connectivity index (χ0v) is 11.9. The van der Waals surface area contributed by atoms with E-state index in [1.807, 2.05) is 0 Å². The van der Waals surface area contributed by atoms with E-state index in [1.165, 1.54) is 22.0 Å². The van der Waals surface area contributed by atoms with E-state index in [2.05, 4.69) is 55.3 Å². The Morgan fingerprint density at radius 1 is 1.11 bits per heavy atom. The fourth-order valence-corrected chi connectivity index (χ4v) is 2.28. The number of ketones is 1. The van der Waals surface area contributed by atoms with Gasteiger partial charge in [0.25, 0.3) is 0 Å². The van der Waals surface area contributed by atoms with Crippen LogP contribution < -0.4 is 4.90 Å². The summed E-state index contributed by atoms with van der Waals surface area (Å²) in [6, 6.07) is 13.0. The Bertz CT molecular complexity index is 589. The van der Waals surface area contributed by atoms with Gasteiger partial charge in [-0.05, 0) is 43.2 Å². The van der Waals surface area contributed by atoms with Crippen molar-refractivity contribution in [2.45, 2.75) is 26.7 Å². The molecule has 0 unspecified atom stereocenters. The number of rotatable bonds is 5. The Morgan fingerprint density at radius 3 is 2.53 bits per heavy atom. The van der Waals surface area contributed by atoms with Gasteiger partial charge < -0.3 is 9.69 Å². The van der Waals surface area contributed by atoms with E-state index in [9.17, 15) is 4.79 Å². The van der Waals surface area contributed by atoms with Gasteiger partial charge in [0, 0.05) is 25.7 Å². The summed E-state index contributed by atoms with van der Waals surface area (Å²) in [6.07, 6.45) is 1.58. The second-order valence-electron chi connectivity index (χ2n) is 5.26.